The molecule has 0 unspecified atom stereocenters. The zero-order valence-electron chi connectivity index (χ0n) is 16.1. The van der Waals surface area contributed by atoms with Crippen molar-refractivity contribution in [2.75, 3.05) is 26.1 Å². The van der Waals surface area contributed by atoms with Gasteiger partial charge >= 0.3 is 0 Å². The summed E-state index contributed by atoms with van der Waals surface area (Å²) in [5, 5.41) is 0.807. The minimum Gasteiger partial charge on any atom is -0.497 e. The number of benzene rings is 2. The lowest BCUT2D eigenvalue weighted by atomic mass is 10.0. The zero-order valence-corrected chi connectivity index (χ0v) is 16.1. The number of nitrogens with one attached hydrogen (secondary N) is 1. The van der Waals surface area contributed by atoms with E-state index in [1.807, 2.05) is 38.5 Å². The van der Waals surface area contributed by atoms with Crippen LogP contribution in [0.15, 0.2) is 67.0 Å². The highest BCUT2D eigenvalue weighted by molar-refractivity contribution is 6.16. The highest BCUT2D eigenvalue weighted by atomic mass is 16.5. The molecule has 2 heterocycles. The second-order valence-corrected chi connectivity index (χ2v) is 6.82. The molecule has 1 N–H and O–H groups in total. The second kappa shape index (κ2) is 7.19. The molecule has 5 heteroatoms. The quantitative estimate of drug-likeness (QED) is 0.524. The minimum absolute atomic E-state index is 0.0629. The summed E-state index contributed by atoms with van der Waals surface area (Å²) in [5.41, 5.74) is 5.04. The fraction of sp³-hybridized carbons (Fsp3) is 0.130. The Morgan fingerprint density at radius 1 is 1.04 bits per heavy atom. The maximum Gasteiger partial charge on any atom is 0.195 e. The van der Waals surface area contributed by atoms with Gasteiger partial charge < -0.3 is 14.6 Å². The van der Waals surface area contributed by atoms with Gasteiger partial charge in [0.05, 0.1) is 7.11 Å². The number of ketones is 1. The van der Waals surface area contributed by atoms with E-state index < -0.39 is 0 Å². The van der Waals surface area contributed by atoms with Gasteiger partial charge in [-0.15, -0.1) is 0 Å². The van der Waals surface area contributed by atoms with Crippen LogP contribution in [0.25, 0.3) is 22.2 Å². The number of hydrogen-bond donors (Lipinski definition) is 1. The molecule has 0 aliphatic heterocycles. The number of H-pyrrole nitrogens is 1. The standard InChI is InChI=1S/C23H21N3O2/c1-26(2)18-9-7-15(8-10-18)17-12-20-21(14-25-23(20)24-13-17)22(27)16-5-4-6-19(11-16)28-3/h4-14H,1-3H3,(H,24,25). The fourth-order valence-electron chi connectivity index (χ4n) is 3.22. The van der Waals surface area contributed by atoms with E-state index in [9.17, 15) is 4.79 Å². The Morgan fingerprint density at radius 3 is 2.54 bits per heavy atom. The van der Waals surface area contributed by atoms with Gasteiger partial charge in [0.15, 0.2) is 5.78 Å². The largest absolute Gasteiger partial charge is 0.497 e. The number of pyridine rings is 1. The van der Waals surface area contributed by atoms with Gasteiger partial charge in [0.1, 0.15) is 11.4 Å². The molecule has 28 heavy (non-hydrogen) atoms. The van der Waals surface area contributed by atoms with Crippen molar-refractivity contribution in [3.63, 3.8) is 0 Å². The summed E-state index contributed by atoms with van der Waals surface area (Å²) in [6, 6.07) is 17.5. The first kappa shape index (κ1) is 17.8. The molecule has 0 saturated carbocycles. The maximum atomic E-state index is 13.0. The predicted molar refractivity (Wildman–Crippen MR) is 112 cm³/mol. The zero-order chi connectivity index (χ0) is 19.7. The van der Waals surface area contributed by atoms with Crippen molar-refractivity contribution in [2.24, 2.45) is 0 Å². The van der Waals surface area contributed by atoms with E-state index in [-0.39, 0.29) is 5.78 Å². The van der Waals surface area contributed by atoms with Crippen LogP contribution in [0.4, 0.5) is 5.69 Å². The molecular weight excluding hydrogens is 350 g/mol. The van der Waals surface area contributed by atoms with Crippen LogP contribution in [-0.4, -0.2) is 37.0 Å². The molecule has 0 aliphatic carbocycles. The number of methoxy groups -OCH3 is 1. The van der Waals surface area contributed by atoms with Crippen LogP contribution in [0.5, 0.6) is 5.75 Å². The molecule has 140 valence electrons. The fourth-order valence-corrected chi connectivity index (χ4v) is 3.22. The number of fused-ring (bicyclic) bond motifs is 1. The number of nitrogens with zero attached hydrogens (tertiary/aromatic N) is 2. The Kier molecular flexibility index (Phi) is 4.57. The molecule has 2 aromatic heterocycles. The number of carbonyl (C=O) groups is 1. The normalized spacial score (nSPS) is 10.8. The molecule has 4 aromatic rings. The van der Waals surface area contributed by atoms with Crippen molar-refractivity contribution < 1.29 is 9.53 Å². The molecule has 0 bridgehead atoms. The number of anilines is 1. The summed E-state index contributed by atoms with van der Waals surface area (Å²) < 4.78 is 5.24. The van der Waals surface area contributed by atoms with Crippen molar-refractivity contribution >= 4 is 22.5 Å². The second-order valence-electron chi connectivity index (χ2n) is 6.82. The van der Waals surface area contributed by atoms with Crippen LogP contribution in [0.3, 0.4) is 0 Å². The Bertz CT molecular complexity index is 1140. The van der Waals surface area contributed by atoms with Crippen molar-refractivity contribution in [3.05, 3.63) is 78.1 Å². The Balaban J connectivity index is 1.74. The first-order valence-electron chi connectivity index (χ1n) is 9.00. The molecule has 5 nitrogen and oxygen atoms in total. The van der Waals surface area contributed by atoms with Crippen LogP contribution < -0.4 is 9.64 Å². The molecule has 0 radical (unpaired) electrons. The lowest BCUT2D eigenvalue weighted by molar-refractivity contribution is 0.104. The average Bonchev–Trinajstić information content (AvgIpc) is 3.16. The smallest absolute Gasteiger partial charge is 0.195 e. The summed E-state index contributed by atoms with van der Waals surface area (Å²) >= 11 is 0. The molecule has 0 aliphatic rings. The monoisotopic (exact) mass is 371 g/mol. The van der Waals surface area contributed by atoms with Crippen molar-refractivity contribution in [2.45, 2.75) is 0 Å². The van der Waals surface area contributed by atoms with Crippen molar-refractivity contribution in [1.82, 2.24) is 9.97 Å². The molecule has 0 atom stereocenters. The van der Waals surface area contributed by atoms with Crippen LogP contribution in [0, 0.1) is 0 Å². The summed E-state index contributed by atoms with van der Waals surface area (Å²) in [7, 11) is 5.62. The van der Waals surface area contributed by atoms with E-state index in [4.69, 9.17) is 4.74 Å². The molecule has 2 aromatic carbocycles. The third-order valence-electron chi connectivity index (χ3n) is 4.82. The number of hydrogen-bond acceptors (Lipinski definition) is 4. The molecule has 0 spiro atoms. The van der Waals surface area contributed by atoms with Gasteiger partial charge in [-0.25, -0.2) is 4.98 Å². The number of aromatic nitrogens is 2. The van der Waals surface area contributed by atoms with Gasteiger partial charge in [-0.3, -0.25) is 4.79 Å². The van der Waals surface area contributed by atoms with E-state index in [0.29, 0.717) is 22.5 Å². The molecule has 0 fully saturated rings. The number of carbonyl (C=O) groups excluding carboxylic acids is 1. The number of aromatic amines is 1. The Hall–Kier alpha value is -3.60. The SMILES string of the molecule is COc1cccc(C(=O)c2c[nH]c3ncc(-c4ccc(N(C)C)cc4)cc23)c1. The van der Waals surface area contributed by atoms with Gasteiger partial charge in [-0.2, -0.15) is 0 Å². The Labute approximate surface area is 163 Å². The van der Waals surface area contributed by atoms with E-state index in [1.165, 1.54) is 0 Å². The summed E-state index contributed by atoms with van der Waals surface area (Å²) in [4.78, 5) is 22.7. The molecule has 0 saturated heterocycles. The predicted octanol–water partition coefficient (Wildman–Crippen LogP) is 4.54. The first-order valence-corrected chi connectivity index (χ1v) is 9.00. The van der Waals surface area contributed by atoms with Gasteiger partial charge in [-0.1, -0.05) is 24.3 Å². The summed E-state index contributed by atoms with van der Waals surface area (Å²) in [6.45, 7) is 0. The van der Waals surface area contributed by atoms with Crippen LogP contribution in [-0.2, 0) is 0 Å². The summed E-state index contributed by atoms with van der Waals surface area (Å²) in [6.07, 6.45) is 3.54. The van der Waals surface area contributed by atoms with Crippen molar-refractivity contribution in [3.8, 4) is 16.9 Å². The lowest BCUT2D eigenvalue weighted by Gasteiger charge is -2.12. The van der Waals surface area contributed by atoms with E-state index in [0.717, 1.165) is 22.2 Å². The molecule has 4 rings (SSSR count). The molecular formula is C23H21N3O2. The number of rotatable bonds is 5. The first-order chi connectivity index (χ1) is 13.6. The van der Waals surface area contributed by atoms with E-state index in [1.54, 1.807) is 25.4 Å². The lowest BCUT2D eigenvalue weighted by Crippen LogP contribution is -2.07. The third-order valence-corrected chi connectivity index (χ3v) is 4.82. The van der Waals surface area contributed by atoms with Gasteiger partial charge in [0.2, 0.25) is 0 Å². The Morgan fingerprint density at radius 2 is 1.82 bits per heavy atom. The maximum absolute atomic E-state index is 13.0. The van der Waals surface area contributed by atoms with Crippen LogP contribution >= 0.6 is 0 Å². The van der Waals surface area contributed by atoms with Gasteiger partial charge in [-0.05, 0) is 35.9 Å². The summed E-state index contributed by atoms with van der Waals surface area (Å²) in [5.74, 6) is 0.595. The molecule has 0 amide bonds. The topological polar surface area (TPSA) is 58.2 Å². The van der Waals surface area contributed by atoms with Crippen LogP contribution in [0.2, 0.25) is 0 Å². The number of ether oxygens (including phenoxy) is 1. The minimum atomic E-state index is -0.0629. The highest BCUT2D eigenvalue weighted by Gasteiger charge is 2.16. The van der Waals surface area contributed by atoms with Crippen molar-refractivity contribution in [1.29, 1.82) is 0 Å². The average molecular weight is 371 g/mol. The third kappa shape index (κ3) is 3.22. The van der Waals surface area contributed by atoms with Gasteiger partial charge in [0, 0.05) is 54.3 Å². The van der Waals surface area contributed by atoms with Crippen LogP contribution in [0.1, 0.15) is 15.9 Å². The van der Waals surface area contributed by atoms with E-state index >= 15 is 0 Å². The van der Waals surface area contributed by atoms with Gasteiger partial charge in [0.25, 0.3) is 0 Å². The van der Waals surface area contributed by atoms with E-state index in [2.05, 4.69) is 39.1 Å². The highest BCUT2D eigenvalue weighted by Crippen LogP contribution is 2.28.